The Labute approximate surface area is 186 Å². The molecule has 1 aliphatic heterocycles. The Balaban J connectivity index is 1.28. The van der Waals surface area contributed by atoms with Crippen molar-refractivity contribution in [3.05, 3.63) is 83.0 Å². The van der Waals surface area contributed by atoms with E-state index in [0.29, 0.717) is 34.9 Å². The molecule has 8 nitrogen and oxygen atoms in total. The van der Waals surface area contributed by atoms with E-state index in [1.807, 2.05) is 0 Å². The smallest absolute Gasteiger partial charge is 0.259 e. The lowest BCUT2D eigenvalue weighted by molar-refractivity contribution is 0.0950. The van der Waals surface area contributed by atoms with E-state index >= 15 is 0 Å². The molecular weight excluding hydrogens is 428 g/mol. The predicted molar refractivity (Wildman–Crippen MR) is 119 cm³/mol. The van der Waals surface area contributed by atoms with Gasteiger partial charge in [-0.15, -0.1) is 11.3 Å². The molecule has 2 aromatic carbocycles. The summed E-state index contributed by atoms with van der Waals surface area (Å²) in [5, 5.41) is 15.7. The number of thiazole rings is 1. The number of rotatable bonds is 4. The molecule has 4 aromatic rings. The molecule has 0 saturated heterocycles. The summed E-state index contributed by atoms with van der Waals surface area (Å²) in [6.07, 6.45) is 3.23. The first-order chi connectivity index (χ1) is 15.6. The van der Waals surface area contributed by atoms with E-state index < -0.39 is 0 Å². The third-order valence-electron chi connectivity index (χ3n) is 4.81. The fraction of sp³-hybridized carbons (Fsp3) is 0.0435. The van der Waals surface area contributed by atoms with Crippen molar-refractivity contribution in [3.63, 3.8) is 0 Å². The van der Waals surface area contributed by atoms with Crippen LogP contribution in [0.3, 0.4) is 0 Å². The summed E-state index contributed by atoms with van der Waals surface area (Å²) in [4.78, 5) is 34.2. The Morgan fingerprint density at radius 2 is 1.94 bits per heavy atom. The molecule has 9 heteroatoms. The lowest BCUT2D eigenvalue weighted by Crippen LogP contribution is -2.22. The van der Waals surface area contributed by atoms with Gasteiger partial charge in [0.15, 0.2) is 5.75 Å². The molecule has 0 spiro atoms. The topological polar surface area (TPSA) is 113 Å². The molecule has 0 atom stereocenters. The van der Waals surface area contributed by atoms with Gasteiger partial charge in [0, 0.05) is 34.5 Å². The van der Waals surface area contributed by atoms with Crippen LogP contribution in [0.2, 0.25) is 0 Å². The summed E-state index contributed by atoms with van der Waals surface area (Å²) in [6, 6.07) is 15.1. The van der Waals surface area contributed by atoms with Gasteiger partial charge in [-0.3, -0.25) is 9.59 Å². The zero-order chi connectivity index (χ0) is 22.1. The maximum Gasteiger partial charge on any atom is 0.259 e. The second-order valence-corrected chi connectivity index (χ2v) is 8.10. The quantitative estimate of drug-likeness (QED) is 0.435. The van der Waals surface area contributed by atoms with Crippen LogP contribution in [0.4, 0.5) is 5.69 Å². The van der Waals surface area contributed by atoms with Crippen LogP contribution in [0, 0.1) is 0 Å². The third kappa shape index (κ3) is 3.88. The third-order valence-corrected chi connectivity index (χ3v) is 5.86. The minimum absolute atomic E-state index is 0.0518. The fourth-order valence-electron chi connectivity index (χ4n) is 3.21. The van der Waals surface area contributed by atoms with E-state index in [2.05, 4.69) is 20.6 Å². The van der Waals surface area contributed by atoms with Crippen molar-refractivity contribution in [2.75, 3.05) is 5.32 Å². The van der Waals surface area contributed by atoms with E-state index in [-0.39, 0.29) is 17.7 Å². The molecule has 0 bridgehead atoms. The molecule has 0 aliphatic carbocycles. The van der Waals surface area contributed by atoms with Crippen molar-refractivity contribution in [2.24, 2.45) is 0 Å². The van der Waals surface area contributed by atoms with Gasteiger partial charge in [-0.1, -0.05) is 12.1 Å². The van der Waals surface area contributed by atoms with E-state index in [4.69, 9.17) is 4.74 Å². The average Bonchev–Trinajstić information content (AvgIpc) is 3.23. The summed E-state index contributed by atoms with van der Waals surface area (Å²) >= 11 is 1.42. The number of hydrogen-bond acceptors (Lipinski definition) is 7. The first-order valence-electron chi connectivity index (χ1n) is 9.67. The molecule has 3 heterocycles. The van der Waals surface area contributed by atoms with Gasteiger partial charge in [0.25, 0.3) is 11.8 Å². The van der Waals surface area contributed by atoms with Crippen molar-refractivity contribution in [1.29, 1.82) is 0 Å². The number of carbonyl (C=O) groups excluding carboxylic acids is 2. The van der Waals surface area contributed by atoms with Gasteiger partial charge in [0.05, 0.1) is 17.8 Å². The van der Waals surface area contributed by atoms with Crippen molar-refractivity contribution >= 4 is 28.8 Å². The molecule has 2 amide bonds. The lowest BCUT2D eigenvalue weighted by atomic mass is 10.1. The van der Waals surface area contributed by atoms with Gasteiger partial charge in [-0.05, 0) is 36.4 Å². The highest BCUT2D eigenvalue weighted by Crippen LogP contribution is 2.36. The van der Waals surface area contributed by atoms with E-state index in [1.54, 1.807) is 60.9 Å². The van der Waals surface area contributed by atoms with Crippen molar-refractivity contribution in [3.8, 4) is 28.0 Å². The van der Waals surface area contributed by atoms with Crippen LogP contribution in [-0.2, 0) is 6.54 Å². The number of pyridine rings is 1. The van der Waals surface area contributed by atoms with Crippen LogP contribution in [-0.4, -0.2) is 26.9 Å². The Bertz CT molecular complexity index is 1330. The summed E-state index contributed by atoms with van der Waals surface area (Å²) < 4.78 is 5.85. The number of hydrogen-bond donors (Lipinski definition) is 3. The molecule has 5 rings (SSSR count). The van der Waals surface area contributed by atoms with Crippen LogP contribution in [0.15, 0.2) is 67.0 Å². The minimum Gasteiger partial charge on any atom is -0.493 e. The van der Waals surface area contributed by atoms with E-state index in [9.17, 15) is 14.7 Å². The number of carbonyl (C=O) groups is 2. The van der Waals surface area contributed by atoms with Gasteiger partial charge in [0.2, 0.25) is 5.88 Å². The summed E-state index contributed by atoms with van der Waals surface area (Å²) in [7, 11) is 0. The number of aromatic nitrogens is 2. The minimum atomic E-state index is -0.294. The zero-order valence-electron chi connectivity index (χ0n) is 16.5. The maximum absolute atomic E-state index is 12.7. The Morgan fingerprint density at radius 3 is 2.78 bits per heavy atom. The van der Waals surface area contributed by atoms with Gasteiger partial charge in [0.1, 0.15) is 10.8 Å². The number of aromatic hydroxyl groups is 1. The molecule has 158 valence electrons. The Morgan fingerprint density at radius 1 is 1.06 bits per heavy atom. The summed E-state index contributed by atoms with van der Waals surface area (Å²) in [5.41, 5.74) is 2.04. The normalized spacial score (nSPS) is 12.1. The second kappa shape index (κ2) is 8.12. The number of anilines is 1. The van der Waals surface area contributed by atoms with Crippen LogP contribution >= 0.6 is 11.3 Å². The van der Waals surface area contributed by atoms with Gasteiger partial charge in [-0.25, -0.2) is 9.97 Å². The van der Waals surface area contributed by atoms with Gasteiger partial charge in [-0.2, -0.15) is 0 Å². The van der Waals surface area contributed by atoms with E-state index in [0.717, 1.165) is 15.4 Å². The Kier molecular flexibility index (Phi) is 5.00. The highest BCUT2D eigenvalue weighted by atomic mass is 32.1. The number of fused-ring (bicyclic) bond motifs is 2. The monoisotopic (exact) mass is 444 g/mol. The number of amides is 2. The van der Waals surface area contributed by atoms with Crippen LogP contribution in [0.1, 0.15) is 25.6 Å². The number of nitrogens with one attached hydrogen (secondary N) is 2. The molecule has 3 N–H and O–H groups in total. The molecule has 0 saturated carbocycles. The molecule has 1 aliphatic rings. The predicted octanol–water partition coefficient (Wildman–Crippen LogP) is 4.20. The second-order valence-electron chi connectivity index (χ2n) is 6.98. The van der Waals surface area contributed by atoms with Crippen molar-refractivity contribution < 1.29 is 19.4 Å². The zero-order valence-corrected chi connectivity index (χ0v) is 17.3. The average molecular weight is 444 g/mol. The van der Waals surface area contributed by atoms with Crippen LogP contribution in [0.5, 0.6) is 17.4 Å². The van der Waals surface area contributed by atoms with Crippen LogP contribution in [0.25, 0.3) is 10.6 Å². The van der Waals surface area contributed by atoms with Crippen molar-refractivity contribution in [1.82, 2.24) is 15.3 Å². The first-order valence-corrected chi connectivity index (χ1v) is 10.5. The molecule has 2 aromatic heterocycles. The summed E-state index contributed by atoms with van der Waals surface area (Å²) in [6.45, 7) is 0.299. The Hall–Kier alpha value is -4.24. The van der Waals surface area contributed by atoms with E-state index in [1.165, 1.54) is 17.4 Å². The summed E-state index contributed by atoms with van der Waals surface area (Å²) in [5.74, 6) is 0.298. The molecule has 0 radical (unpaired) electrons. The van der Waals surface area contributed by atoms with Crippen LogP contribution < -0.4 is 15.4 Å². The SMILES string of the molecule is O=C(NCc1cnc(-c2ccc(O)nc2)s1)c1ccc2c(c1)NC(=O)c1ccccc1O2. The number of nitrogens with zero attached hydrogens (tertiary/aromatic N) is 2. The lowest BCUT2D eigenvalue weighted by Gasteiger charge is -2.10. The maximum atomic E-state index is 12.7. The number of benzene rings is 2. The molecule has 0 fully saturated rings. The standard InChI is InChI=1S/C23H16N4O4S/c28-20-8-6-14(10-24-20)23-26-12-15(32-23)11-25-21(29)13-5-7-19-17(9-13)27-22(30)16-3-1-2-4-18(16)31-19/h1-10,12H,11H2,(H,24,28)(H,25,29)(H,27,30). The molecule has 0 unspecified atom stereocenters. The first kappa shape index (κ1) is 19.7. The van der Waals surface area contributed by atoms with Gasteiger partial charge >= 0.3 is 0 Å². The highest BCUT2D eigenvalue weighted by molar-refractivity contribution is 7.15. The fourth-order valence-corrected chi connectivity index (χ4v) is 4.06. The molecular formula is C23H16N4O4S. The van der Waals surface area contributed by atoms with Crippen molar-refractivity contribution in [2.45, 2.75) is 6.54 Å². The number of ether oxygens (including phenoxy) is 1. The highest BCUT2D eigenvalue weighted by Gasteiger charge is 2.21. The number of para-hydroxylation sites is 1. The largest absolute Gasteiger partial charge is 0.493 e. The molecule has 32 heavy (non-hydrogen) atoms. The van der Waals surface area contributed by atoms with Gasteiger partial charge < -0.3 is 20.5 Å².